The number of amides is 2. The number of hydrogen-bond acceptors (Lipinski definition) is 3. The Bertz CT molecular complexity index is 525. The predicted octanol–water partition coefficient (Wildman–Crippen LogP) is 1.20. The molecule has 6 nitrogen and oxygen atoms in total. The summed E-state index contributed by atoms with van der Waals surface area (Å²) in [5, 5.41) is 10.9. The Labute approximate surface area is 119 Å². The molecule has 1 aromatic carbocycles. The number of urea groups is 1. The van der Waals surface area contributed by atoms with Gasteiger partial charge < -0.3 is 15.3 Å². The third-order valence-electron chi connectivity index (χ3n) is 3.21. The van der Waals surface area contributed by atoms with Crippen LogP contribution in [-0.2, 0) is 4.79 Å². The van der Waals surface area contributed by atoms with Crippen LogP contribution >= 0.6 is 0 Å². The molecule has 8 heteroatoms. The second-order valence-electron chi connectivity index (χ2n) is 4.68. The molecule has 0 bridgehead atoms. The fourth-order valence-corrected chi connectivity index (χ4v) is 2.10. The van der Waals surface area contributed by atoms with Crippen molar-refractivity contribution in [2.75, 3.05) is 38.0 Å². The molecule has 0 saturated carbocycles. The van der Waals surface area contributed by atoms with Crippen molar-refractivity contribution in [2.45, 2.75) is 0 Å². The highest BCUT2D eigenvalue weighted by Crippen LogP contribution is 2.18. The lowest BCUT2D eigenvalue weighted by Crippen LogP contribution is -2.51. The lowest BCUT2D eigenvalue weighted by molar-refractivity contribution is -0.138. The van der Waals surface area contributed by atoms with Crippen LogP contribution in [0.3, 0.4) is 0 Å². The smallest absolute Gasteiger partial charge is 0.322 e. The van der Waals surface area contributed by atoms with Crippen LogP contribution in [0.4, 0.5) is 19.3 Å². The van der Waals surface area contributed by atoms with Crippen LogP contribution in [-0.4, -0.2) is 59.6 Å². The van der Waals surface area contributed by atoms with Crippen molar-refractivity contribution in [2.24, 2.45) is 0 Å². The summed E-state index contributed by atoms with van der Waals surface area (Å²) in [7, 11) is 0. The van der Waals surface area contributed by atoms with E-state index in [-0.39, 0.29) is 6.54 Å². The van der Waals surface area contributed by atoms with Gasteiger partial charge in [-0.25, -0.2) is 13.6 Å². The van der Waals surface area contributed by atoms with Crippen LogP contribution in [0, 0.1) is 11.6 Å². The van der Waals surface area contributed by atoms with E-state index in [0.717, 1.165) is 12.1 Å². The van der Waals surface area contributed by atoms with Crippen molar-refractivity contribution < 1.29 is 23.5 Å². The number of hydrogen-bond donors (Lipinski definition) is 2. The molecule has 114 valence electrons. The Kier molecular flexibility index (Phi) is 4.69. The first-order valence-corrected chi connectivity index (χ1v) is 6.41. The number of piperazine rings is 1. The summed E-state index contributed by atoms with van der Waals surface area (Å²) in [4.78, 5) is 25.6. The number of halogens is 2. The summed E-state index contributed by atoms with van der Waals surface area (Å²) in [6, 6.07) is 2.73. The molecular weight excluding hydrogens is 284 g/mol. The van der Waals surface area contributed by atoms with Crippen molar-refractivity contribution in [1.29, 1.82) is 0 Å². The average Bonchev–Trinajstić information content (AvgIpc) is 2.43. The lowest BCUT2D eigenvalue weighted by atomic mass is 10.3. The summed E-state index contributed by atoms with van der Waals surface area (Å²) in [5.74, 6) is -2.61. The standard InChI is InChI=1S/C13H15F2N3O3/c14-9-2-1-3-10(15)12(9)16-13(21)18-6-4-17(5-7-18)8-11(19)20/h1-3H,4-8H2,(H,16,21)(H,19,20). The molecule has 0 unspecified atom stereocenters. The number of carbonyl (C=O) groups excluding carboxylic acids is 1. The summed E-state index contributed by atoms with van der Waals surface area (Å²) in [6.45, 7) is 1.32. The number of carboxylic acids is 1. The summed E-state index contributed by atoms with van der Waals surface area (Å²) in [5.41, 5.74) is -0.476. The quantitative estimate of drug-likeness (QED) is 0.879. The SMILES string of the molecule is O=C(O)CN1CCN(C(=O)Nc2c(F)cccc2F)CC1. The Morgan fingerprint density at radius 1 is 1.14 bits per heavy atom. The number of para-hydroxylation sites is 1. The van der Waals surface area contributed by atoms with Gasteiger partial charge in [0.25, 0.3) is 0 Å². The van der Waals surface area contributed by atoms with E-state index in [2.05, 4.69) is 5.32 Å². The van der Waals surface area contributed by atoms with Crippen LogP contribution in [0.2, 0.25) is 0 Å². The number of rotatable bonds is 3. The van der Waals surface area contributed by atoms with Gasteiger partial charge in [0.2, 0.25) is 0 Å². The highest BCUT2D eigenvalue weighted by Gasteiger charge is 2.23. The van der Waals surface area contributed by atoms with Gasteiger partial charge >= 0.3 is 12.0 Å². The number of carboxylic acid groups (broad SMARTS) is 1. The van der Waals surface area contributed by atoms with Gasteiger partial charge in [0.15, 0.2) is 0 Å². The largest absolute Gasteiger partial charge is 0.480 e. The maximum absolute atomic E-state index is 13.4. The first-order chi connectivity index (χ1) is 9.97. The molecule has 1 aliphatic rings. The third kappa shape index (κ3) is 3.88. The first-order valence-electron chi connectivity index (χ1n) is 6.41. The van der Waals surface area contributed by atoms with Gasteiger partial charge in [0.05, 0.1) is 6.54 Å². The van der Waals surface area contributed by atoms with E-state index < -0.39 is 29.3 Å². The minimum Gasteiger partial charge on any atom is -0.480 e. The first kappa shape index (κ1) is 15.2. The molecule has 1 saturated heterocycles. The Morgan fingerprint density at radius 3 is 2.24 bits per heavy atom. The number of anilines is 1. The molecule has 0 aliphatic carbocycles. The number of aliphatic carboxylic acids is 1. The maximum Gasteiger partial charge on any atom is 0.322 e. The Hall–Kier alpha value is -2.22. The van der Waals surface area contributed by atoms with Gasteiger partial charge in [0.1, 0.15) is 17.3 Å². The minimum absolute atomic E-state index is 0.0859. The fraction of sp³-hybridized carbons (Fsp3) is 0.385. The lowest BCUT2D eigenvalue weighted by Gasteiger charge is -2.33. The van der Waals surface area contributed by atoms with Gasteiger partial charge in [-0.1, -0.05) is 6.07 Å². The van der Waals surface area contributed by atoms with Gasteiger partial charge in [-0.15, -0.1) is 0 Å². The van der Waals surface area contributed by atoms with Crippen LogP contribution in [0.15, 0.2) is 18.2 Å². The zero-order valence-electron chi connectivity index (χ0n) is 11.2. The number of carbonyl (C=O) groups is 2. The van der Waals surface area contributed by atoms with Crippen LogP contribution in [0.5, 0.6) is 0 Å². The summed E-state index contributed by atoms with van der Waals surface area (Å²) >= 11 is 0. The fourth-order valence-electron chi connectivity index (χ4n) is 2.10. The van der Waals surface area contributed by atoms with Gasteiger partial charge in [-0.2, -0.15) is 0 Å². The molecule has 1 fully saturated rings. The molecule has 2 rings (SSSR count). The molecular formula is C13H15F2N3O3. The van der Waals surface area contributed by atoms with E-state index in [4.69, 9.17) is 5.11 Å². The predicted molar refractivity (Wildman–Crippen MR) is 71.0 cm³/mol. The normalized spacial score (nSPS) is 15.8. The summed E-state index contributed by atoms with van der Waals surface area (Å²) < 4.78 is 26.9. The monoisotopic (exact) mass is 299 g/mol. The van der Waals surface area contributed by atoms with Crippen LogP contribution in [0.1, 0.15) is 0 Å². The van der Waals surface area contributed by atoms with E-state index in [0.29, 0.717) is 26.2 Å². The van der Waals surface area contributed by atoms with Crippen molar-refractivity contribution in [3.63, 3.8) is 0 Å². The van der Waals surface area contributed by atoms with Crippen molar-refractivity contribution in [3.05, 3.63) is 29.8 Å². The van der Waals surface area contributed by atoms with E-state index in [1.165, 1.54) is 11.0 Å². The molecule has 0 atom stereocenters. The van der Waals surface area contributed by atoms with E-state index in [1.807, 2.05) is 0 Å². The number of nitrogens with one attached hydrogen (secondary N) is 1. The molecule has 1 aliphatic heterocycles. The van der Waals surface area contributed by atoms with Crippen LogP contribution < -0.4 is 5.32 Å². The van der Waals surface area contributed by atoms with Gasteiger partial charge in [0, 0.05) is 26.2 Å². The third-order valence-corrected chi connectivity index (χ3v) is 3.21. The zero-order chi connectivity index (χ0) is 15.4. The molecule has 2 amide bonds. The maximum atomic E-state index is 13.4. The number of benzene rings is 1. The van der Waals surface area contributed by atoms with E-state index in [1.54, 1.807) is 4.90 Å². The molecule has 0 radical (unpaired) electrons. The second kappa shape index (κ2) is 6.49. The topological polar surface area (TPSA) is 72.9 Å². The average molecular weight is 299 g/mol. The van der Waals surface area contributed by atoms with Crippen LogP contribution in [0.25, 0.3) is 0 Å². The molecule has 21 heavy (non-hydrogen) atoms. The molecule has 0 aromatic heterocycles. The minimum atomic E-state index is -0.929. The van der Waals surface area contributed by atoms with Crippen molar-refractivity contribution >= 4 is 17.7 Å². The molecule has 1 aromatic rings. The summed E-state index contributed by atoms with van der Waals surface area (Å²) in [6.07, 6.45) is 0. The molecule has 0 spiro atoms. The van der Waals surface area contributed by atoms with Gasteiger partial charge in [-0.05, 0) is 12.1 Å². The van der Waals surface area contributed by atoms with Crippen molar-refractivity contribution in [3.8, 4) is 0 Å². The van der Waals surface area contributed by atoms with Gasteiger partial charge in [-0.3, -0.25) is 9.69 Å². The van der Waals surface area contributed by atoms with Crippen molar-refractivity contribution in [1.82, 2.24) is 9.80 Å². The Morgan fingerprint density at radius 2 is 1.71 bits per heavy atom. The number of nitrogens with zero attached hydrogens (tertiary/aromatic N) is 2. The molecule has 2 N–H and O–H groups in total. The highest BCUT2D eigenvalue weighted by molar-refractivity contribution is 5.89. The highest BCUT2D eigenvalue weighted by atomic mass is 19.1. The van der Waals surface area contributed by atoms with E-state index >= 15 is 0 Å². The molecule has 1 heterocycles. The second-order valence-corrected chi connectivity index (χ2v) is 4.68. The van der Waals surface area contributed by atoms with E-state index in [9.17, 15) is 18.4 Å². The zero-order valence-corrected chi connectivity index (χ0v) is 11.2. The Balaban J connectivity index is 1.92.